The van der Waals surface area contributed by atoms with Gasteiger partial charge >= 0.3 is 12.2 Å². The summed E-state index contributed by atoms with van der Waals surface area (Å²) >= 11 is 0. The monoisotopic (exact) mass is 2030 g/mol. The molecule has 7 aliphatic rings. The number of alkyl carbamates (subject to hydrolysis) is 2. The highest BCUT2D eigenvalue weighted by atomic mass is 28.4. The molecular weight excluding hydrogens is 1880 g/mol. The molecule has 2 aliphatic carbocycles. The Morgan fingerprint density at radius 2 is 0.876 bits per heavy atom. The van der Waals surface area contributed by atoms with Gasteiger partial charge in [-0.1, -0.05) is 152 Å². The van der Waals surface area contributed by atoms with Crippen molar-refractivity contribution in [1.82, 2.24) is 35.6 Å². The van der Waals surface area contributed by atoms with E-state index in [0.717, 1.165) is 51.8 Å². The lowest BCUT2D eigenvalue weighted by Gasteiger charge is -2.49. The van der Waals surface area contributed by atoms with E-state index in [1.165, 1.54) is 50.7 Å². The Morgan fingerprint density at radius 1 is 0.510 bits per heavy atom. The number of aromatic hydroxyl groups is 4. The fourth-order valence-electron chi connectivity index (χ4n) is 23.5. The van der Waals surface area contributed by atoms with Gasteiger partial charge in [-0.3, -0.25) is 19.5 Å². The Bertz CT molecular complexity index is 5880. The van der Waals surface area contributed by atoms with Crippen molar-refractivity contribution in [2.45, 2.75) is 236 Å². The average molecular weight is 2030 g/mol. The Labute approximate surface area is 858 Å². The molecule has 8 aromatic carbocycles. The van der Waals surface area contributed by atoms with Gasteiger partial charge in [0.05, 0.1) is 107 Å². The molecule has 33 heteroatoms. The van der Waals surface area contributed by atoms with Crippen molar-refractivity contribution in [2.24, 2.45) is 5.73 Å². The van der Waals surface area contributed by atoms with Crippen molar-refractivity contribution >= 4 is 35.1 Å². The molecule has 2 saturated heterocycles. The van der Waals surface area contributed by atoms with Crippen LogP contribution >= 0.6 is 0 Å². The molecule has 8 unspecified atom stereocenters. The van der Waals surface area contributed by atoms with E-state index in [9.17, 15) is 34.8 Å². The van der Waals surface area contributed by atoms with Crippen LogP contribution in [-0.2, 0) is 58.3 Å². The summed E-state index contributed by atoms with van der Waals surface area (Å²) in [6.45, 7) is 52.5. The van der Waals surface area contributed by atoms with Crippen LogP contribution in [0.1, 0.15) is 182 Å². The minimum absolute atomic E-state index is 0.00594. The number of fused-ring (bicyclic) bond motifs is 9. The highest BCUT2D eigenvalue weighted by Gasteiger charge is 2.54. The number of carbonyl (C=O) groups excluding carboxylic acids is 3. The number of hydrogen-bond donors (Lipinski definition) is 8. The molecule has 2 fully saturated rings. The number of morpholine rings is 2. The second-order valence-electron chi connectivity index (χ2n) is 40.6. The van der Waals surface area contributed by atoms with Gasteiger partial charge < -0.3 is 113 Å². The summed E-state index contributed by atoms with van der Waals surface area (Å²) in [7, 11) is 12.6. The lowest BCUT2D eigenvalue weighted by Crippen LogP contribution is -2.60. The summed E-state index contributed by atoms with van der Waals surface area (Å²) in [5.74, 6) is 3.38. The van der Waals surface area contributed by atoms with Crippen LogP contribution in [0.15, 0.2) is 103 Å². The first kappa shape index (κ1) is 111. The number of carbonyl (C=O) groups is 3. The number of rotatable bonds is 36. The van der Waals surface area contributed by atoms with Gasteiger partial charge in [0.2, 0.25) is 0 Å². The lowest BCUT2D eigenvalue weighted by molar-refractivity contribution is -0.107. The van der Waals surface area contributed by atoms with E-state index in [4.69, 9.17) is 84.6 Å². The van der Waals surface area contributed by atoms with Crippen LogP contribution in [0.4, 0.5) is 9.59 Å². The van der Waals surface area contributed by atoms with Crippen LogP contribution in [0.5, 0.6) is 69.0 Å². The number of phenols is 4. The topological polar surface area (TPSA) is 345 Å². The summed E-state index contributed by atoms with van der Waals surface area (Å²) in [5.41, 5.74) is 25.7. The van der Waals surface area contributed by atoms with Crippen molar-refractivity contribution < 1.29 is 101 Å². The van der Waals surface area contributed by atoms with Crippen LogP contribution in [0, 0.1) is 40.8 Å². The molecule has 0 aromatic heterocycles. The molecule has 0 spiro atoms. The normalized spacial score (nSPS) is 20.0. The van der Waals surface area contributed by atoms with Gasteiger partial charge in [-0.2, -0.15) is 0 Å². The van der Waals surface area contributed by atoms with Crippen LogP contribution < -0.4 is 59.6 Å². The number of nitrogens with two attached hydrogens (primary N) is 1. The van der Waals surface area contributed by atoms with E-state index < -0.39 is 71.4 Å². The van der Waals surface area contributed by atoms with E-state index in [2.05, 4.69) is 162 Å². The third-order valence-electron chi connectivity index (χ3n) is 32.0. The van der Waals surface area contributed by atoms with Gasteiger partial charge in [0.25, 0.3) is 12.3 Å². The predicted octanol–water partition coefficient (Wildman–Crippen LogP) is 17.9. The molecular formula is C112H152N10O21Si2. The number of benzene rings is 8. The number of likely N-dealkylation sites (N-methyl/N-ethyl adjacent to an activating group) is 2. The number of aldehydes is 1. The molecule has 5 aliphatic heterocycles. The maximum Gasteiger partial charge on any atom is 0.407 e. The molecule has 8 aromatic rings. The smallest absolute Gasteiger partial charge is 0.407 e. The first-order chi connectivity index (χ1) is 69.5. The largest absolute Gasteiger partial charge is 0.504 e. The van der Waals surface area contributed by atoms with Crippen molar-refractivity contribution in [3.05, 3.63) is 209 Å². The molecule has 784 valence electrons. The van der Waals surface area contributed by atoms with Gasteiger partial charge in [-0.25, -0.2) is 32.5 Å². The quantitative estimate of drug-likeness (QED) is 0.0103. The van der Waals surface area contributed by atoms with Crippen LogP contribution in [-0.4, -0.2) is 274 Å². The molecule has 31 nitrogen and oxygen atoms in total. The van der Waals surface area contributed by atoms with E-state index in [-0.39, 0.29) is 97.6 Å². The Kier molecular flexibility index (Phi) is 37.0. The number of nitrogens with one attached hydrogen (secondary N) is 3. The zero-order valence-electron chi connectivity index (χ0n) is 88.9. The number of nitrogens with zero attached hydrogens (tertiary/aromatic N) is 6. The van der Waals surface area contributed by atoms with Gasteiger partial charge in [0.15, 0.2) is 62.6 Å². The fraction of sp³-hybridized carbons (Fsp3) is 0.527. The highest BCUT2D eigenvalue weighted by Crippen LogP contribution is 2.58. The first-order valence-electron chi connectivity index (χ1n) is 50.6. The zero-order chi connectivity index (χ0) is 105. The summed E-state index contributed by atoms with van der Waals surface area (Å²) in [6.07, 6.45) is 1.13. The van der Waals surface area contributed by atoms with Crippen molar-refractivity contribution in [1.29, 1.82) is 0 Å². The van der Waals surface area contributed by atoms with Gasteiger partial charge in [-0.05, 0) is 159 Å². The number of phenolic OH excluding ortho intramolecular Hbond substituents is 4. The summed E-state index contributed by atoms with van der Waals surface area (Å²) in [6, 6.07) is 30.7. The maximum absolute atomic E-state index is 13.9. The molecule has 0 bridgehead atoms. The summed E-state index contributed by atoms with van der Waals surface area (Å²) < 4.78 is 84.1. The van der Waals surface area contributed by atoms with Crippen LogP contribution in [0.25, 0.3) is 31.9 Å². The third-order valence-corrected chi connectivity index (χ3v) is 42.8. The Hall–Kier alpha value is -11.4. The van der Waals surface area contributed by atoms with E-state index in [1.807, 2.05) is 90.3 Å². The number of methoxy groups -OCH3 is 8. The Balaban J connectivity index is 0.000000208. The maximum atomic E-state index is 13.9. The van der Waals surface area contributed by atoms with Crippen molar-refractivity contribution in [2.75, 3.05) is 150 Å². The Morgan fingerprint density at radius 3 is 1.27 bits per heavy atom. The molecule has 9 N–H and O–H groups in total. The van der Waals surface area contributed by atoms with Gasteiger partial charge in [-0.15, -0.1) is 0 Å². The number of ether oxygens (including phenoxy) is 12. The molecule has 2 amide bonds. The highest BCUT2D eigenvalue weighted by molar-refractivity contribution is 6.75. The standard InChI is InChI=1S/C56H75N5O10Si.C39H62N4O8Si.C17H15NO3/c1-31(2)72(13,32(3)4)71-24-22-35-29-61(23-25-69-35)55(57-7)45-27-41-47(50(63)54(68-12)34(6)52(41)66-10)48(60(45)8)43-26-40-46(49(62)53(67-11)33(5)51(40)65-9)44(59-43)28-58-56(64)70-30-42-38-20-16-14-18-36(38)37-19-15-17-21-39(37)42;1-22(2)52(13,23(3)4)51-16-14-27-21-43(15-17-50-27)39(41-7)30-20-28-32(34(45)38(49-12)25(6)36(28)47-10)33(42(30)8)29(40)18-26-19-31(44)37(48-11)24(5)35(26)46-9;19-10-9-18-17(20)21-11-16-14-7-3-1-5-12(14)13-6-2-4-8-15(13)16/h14-21,31-32,35,42-45,48,55,59,62-63H,22-30H2,1-6,8-13H3,(H,58,64);19,22-23,27,29-30,33,39,44-45H,14-18,20-21,40H2,1-6,8-13H3;1-8,10,16H,9,11H2,(H,18,20)/t35-,43?,44-,45?,48?,55?;27-,29?,30?,33?,39?;/m00./s1. The average Bonchev–Trinajstić information content (AvgIpc) is 1.49. The lowest BCUT2D eigenvalue weighted by atomic mass is 9.77. The predicted molar refractivity (Wildman–Crippen MR) is 565 cm³/mol. The van der Waals surface area contributed by atoms with Gasteiger partial charge in [0.1, 0.15) is 54.6 Å². The molecule has 0 radical (unpaired) electrons. The zero-order valence-corrected chi connectivity index (χ0v) is 90.9. The molecule has 11 atom stereocenters. The third kappa shape index (κ3) is 22.4. The minimum Gasteiger partial charge on any atom is -0.504 e. The van der Waals surface area contributed by atoms with Crippen LogP contribution in [0.3, 0.4) is 0 Å². The van der Waals surface area contributed by atoms with Crippen LogP contribution in [0.2, 0.25) is 35.3 Å². The van der Waals surface area contributed by atoms with Crippen molar-refractivity contribution in [3.63, 3.8) is 0 Å². The summed E-state index contributed by atoms with van der Waals surface area (Å²) in [4.78, 5) is 53.0. The SMILES string of the molecule is O=CCNC(=O)OCC1c2ccccc2-c2ccccc21.[C-]#[N+]C(C1Cc2c(OC)c(C)c(OC)c(O)c2C(C(N)Cc2cc(O)c(OC)c(C)c2OC)N1C)N1CCO[C@@H](CCO[Si](C)(C(C)C)C(C)C)C1.[C-]#[N+]C(C1Cc2c(OC)c(C)c(OC)c(O)c2C(C2Cc3c(OC)c(C)c(OC)c(O)c3[C@H](CNC(=O)OCC3c4ccccc4-c4ccccc43)N2)N1C)N1CCO[C@@H](CCO[Si](C)(C(C)C)C(C)C)C1. The minimum atomic E-state index is -1.97. The molecule has 15 rings (SSSR count). The molecule has 0 saturated carbocycles. The van der Waals surface area contributed by atoms with E-state index in [1.54, 1.807) is 34.5 Å². The first-order valence-corrected chi connectivity index (χ1v) is 55.7. The van der Waals surface area contributed by atoms with E-state index >= 15 is 0 Å². The number of amides is 2. The van der Waals surface area contributed by atoms with Gasteiger partial charge in [0, 0.05) is 138 Å². The van der Waals surface area contributed by atoms with Crippen molar-refractivity contribution in [3.8, 4) is 91.2 Å². The summed E-state index contributed by atoms with van der Waals surface area (Å²) in [5, 5.41) is 56.4. The van der Waals surface area contributed by atoms with E-state index in [0.29, 0.717) is 185 Å². The second kappa shape index (κ2) is 48.5. The molecule has 5 heterocycles. The molecule has 145 heavy (non-hydrogen) atoms. The second-order valence-corrected chi connectivity index (χ2v) is 50.5. The fourth-order valence-corrected chi connectivity index (χ4v) is 28.6. The number of hydrogen-bond acceptors (Lipinski definition) is 27.